The molecule has 3 nitrogen and oxygen atoms in total. The van der Waals surface area contributed by atoms with Gasteiger partial charge in [0, 0.05) is 36.8 Å². The number of nitrogens with one attached hydrogen (secondary N) is 1. The predicted molar refractivity (Wildman–Crippen MR) is 74.8 cm³/mol. The van der Waals surface area contributed by atoms with Gasteiger partial charge < -0.3 is 10.1 Å². The zero-order chi connectivity index (χ0) is 12.2. The first-order valence-electron chi connectivity index (χ1n) is 6.79. The molecule has 98 valence electrons. The maximum absolute atomic E-state index is 5.99. The van der Waals surface area contributed by atoms with E-state index in [1.807, 2.05) is 12.4 Å². The van der Waals surface area contributed by atoms with Crippen LogP contribution in [0.3, 0.4) is 0 Å². The van der Waals surface area contributed by atoms with Gasteiger partial charge in [0.2, 0.25) is 0 Å². The van der Waals surface area contributed by atoms with Crippen molar-refractivity contribution in [2.45, 2.75) is 37.5 Å². The van der Waals surface area contributed by atoms with Crippen LogP contribution in [-0.2, 0) is 4.74 Å². The second kappa shape index (κ2) is 6.04. The van der Waals surface area contributed by atoms with Gasteiger partial charge in [-0.05, 0) is 42.7 Å². The molecule has 2 aliphatic rings. The Balaban J connectivity index is 1.69. The van der Waals surface area contributed by atoms with Crippen LogP contribution in [0.1, 0.15) is 30.9 Å². The molecule has 0 amide bonds. The van der Waals surface area contributed by atoms with Crippen molar-refractivity contribution in [3.8, 4) is 0 Å². The SMILES string of the molecule is c1cc([C@H]2OCCC[C@@H]2N[C@@H]2CCSC2)ccn1. The van der Waals surface area contributed by atoms with Crippen molar-refractivity contribution in [3.05, 3.63) is 30.1 Å². The molecule has 3 heterocycles. The van der Waals surface area contributed by atoms with Gasteiger partial charge in [-0.1, -0.05) is 0 Å². The molecule has 0 unspecified atom stereocenters. The molecule has 3 atom stereocenters. The molecule has 2 aliphatic heterocycles. The van der Waals surface area contributed by atoms with Crippen molar-refractivity contribution in [3.63, 3.8) is 0 Å². The minimum Gasteiger partial charge on any atom is -0.372 e. The lowest BCUT2D eigenvalue weighted by Gasteiger charge is -2.34. The lowest BCUT2D eigenvalue weighted by atomic mass is 9.96. The van der Waals surface area contributed by atoms with E-state index in [-0.39, 0.29) is 6.10 Å². The van der Waals surface area contributed by atoms with Crippen LogP contribution in [-0.4, -0.2) is 35.2 Å². The molecule has 0 spiro atoms. The van der Waals surface area contributed by atoms with E-state index in [9.17, 15) is 0 Å². The topological polar surface area (TPSA) is 34.1 Å². The van der Waals surface area contributed by atoms with Crippen LogP contribution < -0.4 is 5.32 Å². The summed E-state index contributed by atoms with van der Waals surface area (Å²) in [6.45, 7) is 0.880. The highest BCUT2D eigenvalue weighted by Crippen LogP contribution is 2.29. The van der Waals surface area contributed by atoms with Crippen molar-refractivity contribution in [2.75, 3.05) is 18.1 Å². The summed E-state index contributed by atoms with van der Waals surface area (Å²) in [7, 11) is 0. The van der Waals surface area contributed by atoms with Crippen LogP contribution >= 0.6 is 11.8 Å². The van der Waals surface area contributed by atoms with E-state index >= 15 is 0 Å². The first kappa shape index (κ1) is 12.5. The Labute approximate surface area is 113 Å². The third-order valence-corrected chi connectivity index (χ3v) is 4.90. The Bertz CT molecular complexity index is 367. The molecule has 2 saturated heterocycles. The van der Waals surface area contributed by atoms with E-state index in [2.05, 4.69) is 34.2 Å². The molecule has 4 heteroatoms. The summed E-state index contributed by atoms with van der Waals surface area (Å²) in [5, 5.41) is 3.80. The number of pyridine rings is 1. The highest BCUT2D eigenvalue weighted by molar-refractivity contribution is 7.99. The Morgan fingerprint density at radius 2 is 2.17 bits per heavy atom. The number of hydrogen-bond donors (Lipinski definition) is 1. The van der Waals surface area contributed by atoms with Gasteiger partial charge in [-0.15, -0.1) is 0 Å². The molecule has 0 radical (unpaired) electrons. The fourth-order valence-corrected chi connectivity index (χ4v) is 3.97. The van der Waals surface area contributed by atoms with Crippen LogP contribution in [0.25, 0.3) is 0 Å². The summed E-state index contributed by atoms with van der Waals surface area (Å²) < 4.78 is 5.99. The van der Waals surface area contributed by atoms with Gasteiger partial charge in [0.15, 0.2) is 0 Å². The predicted octanol–water partition coefficient (Wildman–Crippen LogP) is 2.40. The van der Waals surface area contributed by atoms with Gasteiger partial charge in [0.05, 0.1) is 6.10 Å². The summed E-state index contributed by atoms with van der Waals surface area (Å²) in [5.74, 6) is 2.55. The largest absolute Gasteiger partial charge is 0.372 e. The molecule has 1 aromatic rings. The third-order valence-electron chi connectivity index (χ3n) is 3.74. The van der Waals surface area contributed by atoms with Crippen LogP contribution in [0.4, 0.5) is 0 Å². The highest BCUT2D eigenvalue weighted by Gasteiger charge is 2.30. The summed E-state index contributed by atoms with van der Waals surface area (Å²) >= 11 is 2.05. The van der Waals surface area contributed by atoms with Crippen LogP contribution in [0.15, 0.2) is 24.5 Å². The fourth-order valence-electron chi connectivity index (χ4n) is 2.80. The smallest absolute Gasteiger partial charge is 0.0978 e. The Kier molecular flexibility index (Phi) is 4.18. The van der Waals surface area contributed by atoms with Crippen LogP contribution in [0.2, 0.25) is 0 Å². The fraction of sp³-hybridized carbons (Fsp3) is 0.643. The quantitative estimate of drug-likeness (QED) is 0.909. The molecule has 2 fully saturated rings. The van der Waals surface area contributed by atoms with Gasteiger partial charge in [0.1, 0.15) is 0 Å². The molecule has 3 rings (SSSR count). The van der Waals surface area contributed by atoms with Crippen LogP contribution in [0.5, 0.6) is 0 Å². The van der Waals surface area contributed by atoms with Gasteiger partial charge in [-0.3, -0.25) is 4.98 Å². The Morgan fingerprint density at radius 1 is 1.28 bits per heavy atom. The molecular formula is C14H20N2OS. The summed E-state index contributed by atoms with van der Waals surface area (Å²) in [5.41, 5.74) is 1.26. The minimum atomic E-state index is 0.201. The molecular weight excluding hydrogens is 244 g/mol. The summed E-state index contributed by atoms with van der Waals surface area (Å²) in [4.78, 5) is 4.09. The van der Waals surface area contributed by atoms with E-state index < -0.39 is 0 Å². The lowest BCUT2D eigenvalue weighted by Crippen LogP contribution is -2.45. The first-order chi connectivity index (χ1) is 8.93. The number of thioether (sulfide) groups is 1. The lowest BCUT2D eigenvalue weighted by molar-refractivity contribution is -0.0131. The number of hydrogen-bond acceptors (Lipinski definition) is 4. The van der Waals surface area contributed by atoms with Crippen molar-refractivity contribution >= 4 is 11.8 Å². The summed E-state index contributed by atoms with van der Waals surface area (Å²) in [6.07, 6.45) is 7.59. The maximum Gasteiger partial charge on any atom is 0.0978 e. The van der Waals surface area contributed by atoms with E-state index in [0.29, 0.717) is 12.1 Å². The van der Waals surface area contributed by atoms with Crippen molar-refractivity contribution < 1.29 is 4.74 Å². The maximum atomic E-state index is 5.99. The first-order valence-corrected chi connectivity index (χ1v) is 7.94. The standard InChI is InChI=1S/C14H20N2OS/c1-2-13(16-12-5-9-18-10-12)14(17-8-1)11-3-6-15-7-4-11/h3-4,6-7,12-14,16H,1-2,5,8-10H2/t12-,13+,14-/m1/s1. The molecule has 18 heavy (non-hydrogen) atoms. The normalized spacial score (nSPS) is 32.6. The minimum absolute atomic E-state index is 0.201. The van der Waals surface area contributed by atoms with Gasteiger partial charge in [-0.25, -0.2) is 0 Å². The zero-order valence-corrected chi connectivity index (χ0v) is 11.4. The summed E-state index contributed by atoms with van der Waals surface area (Å²) in [6, 6.07) is 5.29. The van der Waals surface area contributed by atoms with Gasteiger partial charge in [0.25, 0.3) is 0 Å². The monoisotopic (exact) mass is 264 g/mol. The molecule has 0 saturated carbocycles. The van der Waals surface area contributed by atoms with Crippen molar-refractivity contribution in [1.29, 1.82) is 0 Å². The zero-order valence-electron chi connectivity index (χ0n) is 10.5. The van der Waals surface area contributed by atoms with E-state index in [4.69, 9.17) is 4.74 Å². The Hall–Kier alpha value is -0.580. The molecule has 0 bridgehead atoms. The molecule has 0 aromatic carbocycles. The van der Waals surface area contributed by atoms with Gasteiger partial charge in [-0.2, -0.15) is 11.8 Å². The molecule has 1 N–H and O–H groups in total. The molecule has 1 aromatic heterocycles. The Morgan fingerprint density at radius 3 is 2.94 bits per heavy atom. The van der Waals surface area contributed by atoms with Crippen molar-refractivity contribution in [2.24, 2.45) is 0 Å². The number of ether oxygens (including phenoxy) is 1. The third kappa shape index (κ3) is 2.87. The number of nitrogens with zero attached hydrogens (tertiary/aromatic N) is 1. The van der Waals surface area contributed by atoms with Gasteiger partial charge >= 0.3 is 0 Å². The van der Waals surface area contributed by atoms with E-state index in [1.54, 1.807) is 0 Å². The average molecular weight is 264 g/mol. The number of rotatable bonds is 3. The van der Waals surface area contributed by atoms with Crippen LogP contribution in [0, 0.1) is 0 Å². The van der Waals surface area contributed by atoms with E-state index in [0.717, 1.165) is 6.61 Å². The van der Waals surface area contributed by atoms with Crippen molar-refractivity contribution in [1.82, 2.24) is 10.3 Å². The molecule has 0 aliphatic carbocycles. The second-order valence-corrected chi connectivity index (χ2v) is 6.20. The van der Waals surface area contributed by atoms with E-state index in [1.165, 1.54) is 36.3 Å². The highest BCUT2D eigenvalue weighted by atomic mass is 32.2. The second-order valence-electron chi connectivity index (χ2n) is 5.05. The number of aromatic nitrogens is 1. The average Bonchev–Trinajstić information content (AvgIpc) is 2.93.